The molecule has 13 heteroatoms. The number of methoxy groups -OCH3 is 1. The van der Waals surface area contributed by atoms with Crippen molar-refractivity contribution >= 4 is 40.0 Å². The number of carbonyl (C=O) groups is 1. The van der Waals surface area contributed by atoms with Gasteiger partial charge in [-0.15, -0.1) is 10.2 Å². The molecule has 1 N–H and O–H groups in total. The van der Waals surface area contributed by atoms with Crippen molar-refractivity contribution in [1.29, 1.82) is 0 Å². The molecule has 170 valence electrons. The Morgan fingerprint density at radius 2 is 1.66 bits per heavy atom. The first-order valence-electron chi connectivity index (χ1n) is 9.41. The van der Waals surface area contributed by atoms with E-state index in [1.165, 1.54) is 20.1 Å². The van der Waals surface area contributed by atoms with E-state index in [-0.39, 0.29) is 11.4 Å². The number of amides is 1. The molecule has 0 saturated heterocycles. The molecule has 0 aliphatic carbocycles. The van der Waals surface area contributed by atoms with E-state index < -0.39 is 38.6 Å². The van der Waals surface area contributed by atoms with Gasteiger partial charge in [0.25, 0.3) is 0 Å². The van der Waals surface area contributed by atoms with E-state index in [9.17, 15) is 29.4 Å². The van der Waals surface area contributed by atoms with Crippen LogP contribution in [0.5, 0.6) is 5.75 Å². The van der Waals surface area contributed by atoms with Gasteiger partial charge in [0.1, 0.15) is 11.4 Å². The second-order valence-electron chi connectivity index (χ2n) is 6.40. The van der Waals surface area contributed by atoms with Crippen LogP contribution >= 0.6 is 0 Å². The second-order valence-corrected chi connectivity index (χ2v) is 6.40. The molecule has 2 aromatic carbocycles. The van der Waals surface area contributed by atoms with Gasteiger partial charge in [0.15, 0.2) is 5.69 Å². The number of azo groups is 1. The zero-order valence-corrected chi connectivity index (χ0v) is 17.8. The van der Waals surface area contributed by atoms with Crippen molar-refractivity contribution in [1.82, 2.24) is 0 Å². The van der Waals surface area contributed by atoms with E-state index in [1.807, 2.05) is 18.7 Å². The highest BCUT2D eigenvalue weighted by atomic mass is 19.1. The molecule has 32 heavy (non-hydrogen) atoms. The van der Waals surface area contributed by atoms with Crippen molar-refractivity contribution in [3.63, 3.8) is 0 Å². The summed E-state index contributed by atoms with van der Waals surface area (Å²) >= 11 is 0. The Labute approximate surface area is 182 Å². The summed E-state index contributed by atoms with van der Waals surface area (Å²) in [5, 5.41) is 32.4. The third-order valence-corrected chi connectivity index (χ3v) is 4.41. The molecule has 0 aliphatic rings. The molecule has 0 aliphatic heterocycles. The van der Waals surface area contributed by atoms with Crippen molar-refractivity contribution in [2.45, 2.75) is 20.8 Å². The number of anilines is 2. The van der Waals surface area contributed by atoms with Crippen LogP contribution in [-0.2, 0) is 4.79 Å². The maximum atomic E-state index is 14.0. The summed E-state index contributed by atoms with van der Waals surface area (Å²) in [5.74, 6) is -1.29. The van der Waals surface area contributed by atoms with Crippen LogP contribution in [0.3, 0.4) is 0 Å². The average Bonchev–Trinajstić information content (AvgIpc) is 2.73. The number of hydrogen-bond donors (Lipinski definition) is 1. The van der Waals surface area contributed by atoms with Gasteiger partial charge in [-0.3, -0.25) is 25.0 Å². The van der Waals surface area contributed by atoms with Gasteiger partial charge in [0, 0.05) is 32.1 Å². The SMILES string of the molecule is CCN(CC)c1cc(NC(C)=O)c(N=Nc2cc(F)c([N+](=O)[O-])cc2[N+](=O)[O-])cc1OC. The predicted molar refractivity (Wildman–Crippen MR) is 115 cm³/mol. The van der Waals surface area contributed by atoms with Gasteiger partial charge in [-0.25, -0.2) is 0 Å². The Kier molecular flexibility index (Phi) is 7.71. The van der Waals surface area contributed by atoms with Crippen LogP contribution in [0.1, 0.15) is 20.8 Å². The number of halogens is 1. The van der Waals surface area contributed by atoms with Gasteiger partial charge in [-0.05, 0) is 19.9 Å². The number of benzene rings is 2. The summed E-state index contributed by atoms with van der Waals surface area (Å²) in [7, 11) is 1.44. The van der Waals surface area contributed by atoms with Crippen LogP contribution in [0.4, 0.5) is 38.5 Å². The monoisotopic (exact) mass is 448 g/mol. The van der Waals surface area contributed by atoms with Crippen LogP contribution in [0.25, 0.3) is 0 Å². The van der Waals surface area contributed by atoms with Crippen LogP contribution in [0.2, 0.25) is 0 Å². The summed E-state index contributed by atoms with van der Waals surface area (Å²) in [6.45, 7) is 6.48. The highest BCUT2D eigenvalue weighted by molar-refractivity contribution is 5.93. The van der Waals surface area contributed by atoms with Gasteiger partial charge in [0.2, 0.25) is 11.7 Å². The number of nitrogens with zero attached hydrogens (tertiary/aromatic N) is 5. The molecule has 0 fully saturated rings. The van der Waals surface area contributed by atoms with Gasteiger partial charge in [-0.1, -0.05) is 0 Å². The molecule has 2 rings (SSSR count). The minimum absolute atomic E-state index is 0.0843. The highest BCUT2D eigenvalue weighted by Gasteiger charge is 2.25. The van der Waals surface area contributed by atoms with E-state index >= 15 is 0 Å². The Morgan fingerprint density at radius 1 is 1.06 bits per heavy atom. The van der Waals surface area contributed by atoms with Crippen LogP contribution in [-0.4, -0.2) is 36.0 Å². The lowest BCUT2D eigenvalue weighted by molar-refractivity contribution is -0.395. The molecular formula is C19H21FN6O6. The summed E-state index contributed by atoms with van der Waals surface area (Å²) in [5.41, 5.74) is -1.38. The predicted octanol–water partition coefficient (Wildman–Crippen LogP) is 4.87. The smallest absolute Gasteiger partial charge is 0.311 e. The van der Waals surface area contributed by atoms with Crippen molar-refractivity contribution < 1.29 is 23.8 Å². The van der Waals surface area contributed by atoms with Crippen molar-refractivity contribution in [2.24, 2.45) is 10.2 Å². The van der Waals surface area contributed by atoms with Gasteiger partial charge in [0.05, 0.1) is 34.4 Å². The van der Waals surface area contributed by atoms with E-state index in [1.54, 1.807) is 6.07 Å². The normalized spacial score (nSPS) is 10.8. The zero-order valence-electron chi connectivity index (χ0n) is 17.8. The molecule has 0 aromatic heterocycles. The fourth-order valence-corrected chi connectivity index (χ4v) is 2.92. The number of rotatable bonds is 9. The Hall–Kier alpha value is -4.16. The van der Waals surface area contributed by atoms with Gasteiger partial charge >= 0.3 is 11.4 Å². The van der Waals surface area contributed by atoms with E-state index in [4.69, 9.17) is 4.74 Å². The highest BCUT2D eigenvalue weighted by Crippen LogP contribution is 2.40. The maximum Gasteiger partial charge on any atom is 0.311 e. The maximum absolute atomic E-state index is 14.0. The first-order valence-corrected chi connectivity index (χ1v) is 9.41. The van der Waals surface area contributed by atoms with E-state index in [0.717, 1.165) is 0 Å². The van der Waals surface area contributed by atoms with E-state index in [2.05, 4.69) is 15.5 Å². The molecule has 2 aromatic rings. The molecule has 0 saturated carbocycles. The Bertz CT molecular complexity index is 1090. The molecule has 0 atom stereocenters. The number of nitro benzene ring substituents is 2. The number of nitro groups is 2. The lowest BCUT2D eigenvalue weighted by Gasteiger charge is -2.24. The summed E-state index contributed by atoms with van der Waals surface area (Å²) in [6.07, 6.45) is 0. The quantitative estimate of drug-likeness (QED) is 0.326. The minimum Gasteiger partial charge on any atom is -0.494 e. The lowest BCUT2D eigenvalue weighted by Crippen LogP contribution is -2.22. The topological polar surface area (TPSA) is 153 Å². The number of carbonyl (C=O) groups excluding carboxylic acids is 1. The second kappa shape index (κ2) is 10.2. The zero-order chi connectivity index (χ0) is 24.0. The fourth-order valence-electron chi connectivity index (χ4n) is 2.92. The molecule has 0 radical (unpaired) electrons. The molecule has 0 heterocycles. The first-order chi connectivity index (χ1) is 15.1. The van der Waals surface area contributed by atoms with Gasteiger partial charge in [-0.2, -0.15) is 4.39 Å². The third kappa shape index (κ3) is 5.30. The first kappa shape index (κ1) is 24.1. The third-order valence-electron chi connectivity index (χ3n) is 4.41. The lowest BCUT2D eigenvalue weighted by atomic mass is 10.2. The van der Waals surface area contributed by atoms with Crippen molar-refractivity contribution in [2.75, 3.05) is 30.4 Å². The number of nitrogens with one attached hydrogen (secondary N) is 1. The molecule has 1 amide bonds. The molecule has 0 bridgehead atoms. The van der Waals surface area contributed by atoms with Crippen molar-refractivity contribution in [3.8, 4) is 5.75 Å². The summed E-state index contributed by atoms with van der Waals surface area (Å²) in [4.78, 5) is 33.8. The summed E-state index contributed by atoms with van der Waals surface area (Å²) < 4.78 is 19.4. The molecule has 0 unspecified atom stereocenters. The number of hydrogen-bond acceptors (Lipinski definition) is 9. The van der Waals surface area contributed by atoms with Crippen molar-refractivity contribution in [3.05, 3.63) is 50.3 Å². The Morgan fingerprint density at radius 3 is 2.16 bits per heavy atom. The minimum atomic E-state index is -1.30. The molecule has 12 nitrogen and oxygen atoms in total. The largest absolute Gasteiger partial charge is 0.494 e. The summed E-state index contributed by atoms with van der Waals surface area (Å²) in [6, 6.07) is 4.12. The van der Waals surface area contributed by atoms with Gasteiger partial charge < -0.3 is 15.0 Å². The molecular weight excluding hydrogens is 427 g/mol. The molecule has 0 spiro atoms. The van der Waals surface area contributed by atoms with Crippen LogP contribution < -0.4 is 15.0 Å². The Balaban J connectivity index is 2.65. The number of ether oxygens (including phenoxy) is 1. The average molecular weight is 448 g/mol. The fraction of sp³-hybridized carbons (Fsp3) is 0.316. The standard InChI is InChI=1S/C19H21FN6O6/c1-5-24(6-2)18-8-13(21-11(3)27)14(9-19(18)32-4)22-23-15-7-12(20)16(25(28)29)10-17(15)26(30)31/h7-10H,5-6H2,1-4H3,(H,21,27). The van der Waals surface area contributed by atoms with Crippen LogP contribution in [0.15, 0.2) is 34.5 Å². The van der Waals surface area contributed by atoms with E-state index in [0.29, 0.717) is 36.7 Å². The van der Waals surface area contributed by atoms with Crippen LogP contribution in [0, 0.1) is 26.0 Å².